The molecule has 1 saturated heterocycles. The predicted octanol–water partition coefficient (Wildman–Crippen LogP) is 7.69. The number of benzene rings is 2. The summed E-state index contributed by atoms with van der Waals surface area (Å²) in [7, 11) is 0. The fourth-order valence-corrected chi connectivity index (χ4v) is 6.84. The Bertz CT molecular complexity index is 2460. The van der Waals surface area contributed by atoms with Crippen LogP contribution in [-0.4, -0.2) is 105 Å². The van der Waals surface area contributed by atoms with Crippen LogP contribution in [0.5, 0.6) is 0 Å². The number of esters is 1. The number of rotatable bonds is 15. The standard InChI is InChI=1S/C45H53ClF2N6O11/c1-9-26(2)53(38(57)31-24-27-14-10-11-15-28(27)36(50-31)29-16-12-13-17-30(29)46)23-21-49-34(55)18-19-35(56)61-25-32-37(63-42(60)65-44(6,7)8)45(47,48)39(62-32)54-22-20-33(51-40(54)58)52-41(59)64-43(3,4)5/h10-17,20,22,24,26,32,37,39H,9,18-19,21,23,25H2,1-8H3,(H,49,55)(H,51,52,58,59)/t26?,32-,37-,39-/m1/s1. The molecule has 0 spiro atoms. The maximum atomic E-state index is 16.1. The molecule has 0 aliphatic carbocycles. The van der Waals surface area contributed by atoms with Crippen molar-refractivity contribution in [1.29, 1.82) is 0 Å². The number of fused-ring (bicyclic) bond motifs is 1. The highest BCUT2D eigenvalue weighted by molar-refractivity contribution is 6.33. The molecule has 0 saturated carbocycles. The van der Waals surface area contributed by atoms with Gasteiger partial charge in [-0.2, -0.15) is 13.8 Å². The molecular weight excluding hydrogens is 874 g/mol. The second-order valence-electron chi connectivity index (χ2n) is 17.2. The third-order valence-corrected chi connectivity index (χ3v) is 10.1. The highest BCUT2D eigenvalue weighted by Crippen LogP contribution is 2.44. The van der Waals surface area contributed by atoms with E-state index in [0.29, 0.717) is 27.3 Å². The van der Waals surface area contributed by atoms with Crippen LogP contribution >= 0.6 is 11.6 Å². The van der Waals surface area contributed by atoms with Gasteiger partial charge in [-0.15, -0.1) is 0 Å². The van der Waals surface area contributed by atoms with E-state index in [9.17, 15) is 28.8 Å². The number of aromatic nitrogens is 3. The highest BCUT2D eigenvalue weighted by Gasteiger charge is 2.63. The molecule has 1 fully saturated rings. The lowest BCUT2D eigenvalue weighted by atomic mass is 10.0. The number of carbonyl (C=O) groups excluding carboxylic acids is 5. The first-order valence-corrected chi connectivity index (χ1v) is 21.2. The van der Waals surface area contributed by atoms with Gasteiger partial charge in [-0.3, -0.25) is 24.3 Å². The largest absolute Gasteiger partial charge is 0.509 e. The van der Waals surface area contributed by atoms with Gasteiger partial charge in [0.05, 0.1) is 12.1 Å². The number of anilines is 1. The fraction of sp³-hybridized carbons (Fsp3) is 0.467. The number of ether oxygens (including phenoxy) is 5. The SMILES string of the molecule is CCC(C)N(CCNC(=O)CCC(=O)OC[C@H]1O[C@@H](n2ccc(NC(=O)OC(C)(C)C)nc2=O)C(F)(F)[C@@H]1OC(=O)OC(C)(C)C)C(=O)c1cc2ccccc2c(-c2ccccc2Cl)n1. The lowest BCUT2D eigenvalue weighted by molar-refractivity contribution is -0.151. The van der Waals surface area contributed by atoms with E-state index < -0.39 is 78.4 Å². The molecule has 1 aliphatic heterocycles. The predicted molar refractivity (Wildman–Crippen MR) is 234 cm³/mol. The molecule has 1 aliphatic rings. The van der Waals surface area contributed by atoms with E-state index in [1.54, 1.807) is 43.9 Å². The number of amides is 3. The first-order valence-electron chi connectivity index (χ1n) is 20.9. The van der Waals surface area contributed by atoms with E-state index in [4.69, 9.17) is 40.3 Å². The van der Waals surface area contributed by atoms with Gasteiger partial charge < -0.3 is 33.9 Å². The molecule has 3 amide bonds. The summed E-state index contributed by atoms with van der Waals surface area (Å²) in [6.07, 6.45) is -8.45. The number of pyridine rings is 1. The molecule has 0 bridgehead atoms. The van der Waals surface area contributed by atoms with E-state index in [1.807, 2.05) is 50.2 Å². The zero-order chi connectivity index (χ0) is 47.9. The zero-order valence-electron chi connectivity index (χ0n) is 37.3. The van der Waals surface area contributed by atoms with E-state index in [1.165, 1.54) is 20.8 Å². The molecule has 17 nitrogen and oxygen atoms in total. The minimum atomic E-state index is -4.12. The third kappa shape index (κ3) is 13.2. The van der Waals surface area contributed by atoms with Gasteiger partial charge in [0.2, 0.25) is 18.2 Å². The normalized spacial score (nSPS) is 17.4. The molecule has 4 aromatic rings. The maximum Gasteiger partial charge on any atom is 0.509 e. The van der Waals surface area contributed by atoms with Crippen LogP contribution in [0.25, 0.3) is 22.0 Å². The quantitative estimate of drug-likeness (QED) is 0.0867. The van der Waals surface area contributed by atoms with E-state index in [2.05, 4.69) is 15.6 Å². The van der Waals surface area contributed by atoms with Crippen LogP contribution in [0.3, 0.4) is 0 Å². The van der Waals surface area contributed by atoms with E-state index in [-0.39, 0.29) is 43.0 Å². The second kappa shape index (κ2) is 20.7. The topological polar surface area (TPSA) is 207 Å². The summed E-state index contributed by atoms with van der Waals surface area (Å²) in [5.74, 6) is -6.32. The number of nitrogens with zero attached hydrogens (tertiary/aromatic N) is 4. The van der Waals surface area contributed by atoms with Crippen LogP contribution in [0.15, 0.2) is 71.7 Å². The Morgan fingerprint density at radius 1 is 0.954 bits per heavy atom. The summed E-state index contributed by atoms with van der Waals surface area (Å²) in [6.45, 7) is 12.3. The molecule has 3 heterocycles. The highest BCUT2D eigenvalue weighted by atomic mass is 35.5. The van der Waals surface area contributed by atoms with Crippen LogP contribution in [0.1, 0.15) is 91.4 Å². The molecule has 1 unspecified atom stereocenters. The van der Waals surface area contributed by atoms with Crippen molar-refractivity contribution in [3.05, 3.63) is 88.1 Å². The first kappa shape index (κ1) is 49.8. The Hall–Kier alpha value is -6.21. The Morgan fingerprint density at radius 2 is 1.63 bits per heavy atom. The Kier molecular flexibility index (Phi) is 15.9. The maximum absolute atomic E-state index is 16.1. The van der Waals surface area contributed by atoms with Crippen molar-refractivity contribution in [1.82, 2.24) is 24.8 Å². The first-order chi connectivity index (χ1) is 30.5. The number of hydrogen-bond donors (Lipinski definition) is 2. The van der Waals surface area contributed by atoms with Crippen molar-refractivity contribution >= 4 is 58.2 Å². The lowest BCUT2D eigenvalue weighted by Crippen LogP contribution is -2.45. The third-order valence-electron chi connectivity index (χ3n) is 9.79. The molecule has 65 heavy (non-hydrogen) atoms. The molecule has 0 radical (unpaired) electrons. The van der Waals surface area contributed by atoms with Crippen molar-refractivity contribution in [2.24, 2.45) is 0 Å². The molecule has 2 aromatic heterocycles. The summed E-state index contributed by atoms with van der Waals surface area (Å²) in [6, 6.07) is 17.3. The molecule has 20 heteroatoms. The van der Waals surface area contributed by atoms with E-state index in [0.717, 1.165) is 23.0 Å². The molecule has 2 aromatic carbocycles. The summed E-state index contributed by atoms with van der Waals surface area (Å²) in [5.41, 5.74) is -1.88. The van der Waals surface area contributed by atoms with Gasteiger partial charge in [0.25, 0.3) is 5.91 Å². The van der Waals surface area contributed by atoms with Crippen molar-refractivity contribution in [2.45, 2.75) is 116 Å². The van der Waals surface area contributed by atoms with Crippen LogP contribution in [-0.2, 0) is 33.3 Å². The van der Waals surface area contributed by atoms with Gasteiger partial charge in [0, 0.05) is 47.7 Å². The minimum Gasteiger partial charge on any atom is -0.463 e. The second-order valence-corrected chi connectivity index (χ2v) is 17.6. The van der Waals surface area contributed by atoms with Gasteiger partial charge in [-0.1, -0.05) is 61.0 Å². The Balaban J connectivity index is 1.20. The average Bonchev–Trinajstić information content (AvgIpc) is 3.46. The van der Waals surface area contributed by atoms with Crippen LogP contribution in [0.4, 0.5) is 24.2 Å². The van der Waals surface area contributed by atoms with Crippen molar-refractivity contribution < 1.29 is 56.4 Å². The fourth-order valence-electron chi connectivity index (χ4n) is 6.62. The zero-order valence-corrected chi connectivity index (χ0v) is 38.1. The number of carbonyl (C=O) groups is 5. The van der Waals surface area contributed by atoms with Gasteiger partial charge in [0.1, 0.15) is 35.4 Å². The molecule has 5 rings (SSSR count). The summed E-state index contributed by atoms with van der Waals surface area (Å²) >= 11 is 6.54. The van der Waals surface area contributed by atoms with Gasteiger partial charge in [-0.25, -0.2) is 19.4 Å². The number of halogens is 3. The number of alkyl halides is 2. The minimum absolute atomic E-state index is 0.0251. The molecule has 2 N–H and O–H groups in total. The van der Waals surface area contributed by atoms with Gasteiger partial charge in [-0.05, 0) is 78.5 Å². The van der Waals surface area contributed by atoms with Crippen molar-refractivity contribution in [2.75, 3.05) is 25.0 Å². The number of nitrogens with one attached hydrogen (secondary N) is 2. The number of hydrogen-bond acceptors (Lipinski definition) is 13. The van der Waals surface area contributed by atoms with Gasteiger partial charge in [0.15, 0.2) is 0 Å². The average molecular weight is 927 g/mol. The molecule has 4 atom stereocenters. The summed E-state index contributed by atoms with van der Waals surface area (Å²) in [4.78, 5) is 87.5. The monoisotopic (exact) mass is 926 g/mol. The molecule has 350 valence electrons. The van der Waals surface area contributed by atoms with Crippen LogP contribution < -0.4 is 16.3 Å². The summed E-state index contributed by atoms with van der Waals surface area (Å²) < 4.78 is 58.4. The van der Waals surface area contributed by atoms with Crippen LogP contribution in [0.2, 0.25) is 5.02 Å². The van der Waals surface area contributed by atoms with Crippen molar-refractivity contribution in [3.8, 4) is 11.3 Å². The Labute approximate surface area is 379 Å². The molecular formula is C45H53ClF2N6O11. The Morgan fingerprint density at radius 3 is 2.29 bits per heavy atom. The lowest BCUT2D eigenvalue weighted by Gasteiger charge is -2.29. The van der Waals surface area contributed by atoms with Crippen LogP contribution in [0, 0.1) is 0 Å². The smallest absolute Gasteiger partial charge is 0.463 e. The summed E-state index contributed by atoms with van der Waals surface area (Å²) in [5, 5.41) is 7.01. The van der Waals surface area contributed by atoms with Gasteiger partial charge >= 0.3 is 29.8 Å². The van der Waals surface area contributed by atoms with E-state index >= 15 is 8.78 Å². The van der Waals surface area contributed by atoms with Crippen molar-refractivity contribution in [3.63, 3.8) is 0 Å².